The summed E-state index contributed by atoms with van der Waals surface area (Å²) in [5, 5.41) is 6.34. The number of benzene rings is 2. The summed E-state index contributed by atoms with van der Waals surface area (Å²) < 4.78 is 24.4. The Kier molecular flexibility index (Phi) is 7.29. The molecular weight excluding hydrogens is 377 g/mol. The van der Waals surface area contributed by atoms with Crippen molar-refractivity contribution in [1.82, 2.24) is 10.7 Å². The van der Waals surface area contributed by atoms with Crippen molar-refractivity contribution >= 4 is 18.0 Å². The van der Waals surface area contributed by atoms with Gasteiger partial charge in [-0.3, -0.25) is 9.59 Å². The molecule has 3 rings (SSSR count). The Morgan fingerprint density at radius 1 is 1.21 bits per heavy atom. The van der Waals surface area contributed by atoms with Crippen molar-refractivity contribution in [3.63, 3.8) is 0 Å². The number of amides is 2. The number of ether oxygens (including phenoxy) is 2. The molecule has 8 heteroatoms. The van der Waals surface area contributed by atoms with E-state index in [-0.39, 0.29) is 18.5 Å². The Labute approximate surface area is 167 Å². The highest BCUT2D eigenvalue weighted by Crippen LogP contribution is 2.18. The van der Waals surface area contributed by atoms with Crippen LogP contribution in [0, 0.1) is 5.82 Å². The molecule has 29 heavy (non-hydrogen) atoms. The van der Waals surface area contributed by atoms with Crippen LogP contribution in [0.1, 0.15) is 24.0 Å². The zero-order valence-corrected chi connectivity index (χ0v) is 15.8. The zero-order valence-electron chi connectivity index (χ0n) is 15.8. The Balaban J connectivity index is 1.50. The molecule has 0 aliphatic carbocycles. The minimum Gasteiger partial charge on any atom is -0.488 e. The number of hydrazone groups is 1. The molecule has 0 aromatic heterocycles. The SMILES string of the molecule is O=C(NC[C@H]1CCCO1)C(=O)N/N=C\c1ccccc1OCc1cccc(F)c1. The Bertz CT molecular complexity index is 882. The number of nitrogens with zero attached hydrogens (tertiary/aromatic N) is 1. The van der Waals surface area contributed by atoms with Crippen LogP contribution < -0.4 is 15.5 Å². The normalized spacial score (nSPS) is 16.0. The minimum atomic E-state index is -0.864. The van der Waals surface area contributed by atoms with Crippen LogP contribution in [-0.4, -0.2) is 37.3 Å². The van der Waals surface area contributed by atoms with Gasteiger partial charge in [0.15, 0.2) is 0 Å². The van der Waals surface area contributed by atoms with Crippen molar-refractivity contribution in [1.29, 1.82) is 0 Å². The number of para-hydroxylation sites is 1. The first kappa shape index (κ1) is 20.5. The molecule has 1 heterocycles. The molecule has 0 bridgehead atoms. The van der Waals surface area contributed by atoms with E-state index in [0.717, 1.165) is 12.8 Å². The summed E-state index contributed by atoms with van der Waals surface area (Å²) in [6, 6.07) is 13.2. The lowest BCUT2D eigenvalue weighted by Gasteiger charge is -2.10. The molecule has 1 fully saturated rings. The molecule has 2 N–H and O–H groups in total. The van der Waals surface area contributed by atoms with Gasteiger partial charge < -0.3 is 14.8 Å². The van der Waals surface area contributed by atoms with E-state index in [0.29, 0.717) is 30.0 Å². The van der Waals surface area contributed by atoms with E-state index < -0.39 is 11.8 Å². The van der Waals surface area contributed by atoms with E-state index in [4.69, 9.17) is 9.47 Å². The number of carbonyl (C=O) groups excluding carboxylic acids is 2. The van der Waals surface area contributed by atoms with Gasteiger partial charge in [-0.2, -0.15) is 5.10 Å². The standard InChI is InChI=1S/C21H22FN3O4/c22-17-7-3-5-15(11-17)14-29-19-9-2-1-6-16(19)12-24-25-21(27)20(26)23-13-18-8-4-10-28-18/h1-3,5-7,9,11-12,18H,4,8,10,13-14H2,(H,23,26)(H,25,27)/b24-12-/t18-/m1/s1. The van der Waals surface area contributed by atoms with Gasteiger partial charge in [0.1, 0.15) is 18.2 Å². The van der Waals surface area contributed by atoms with Crippen LogP contribution in [-0.2, 0) is 20.9 Å². The number of nitrogens with one attached hydrogen (secondary N) is 2. The maximum Gasteiger partial charge on any atom is 0.329 e. The summed E-state index contributed by atoms with van der Waals surface area (Å²) in [6.07, 6.45) is 3.16. The molecule has 2 aromatic rings. The van der Waals surface area contributed by atoms with Gasteiger partial charge in [-0.05, 0) is 42.7 Å². The van der Waals surface area contributed by atoms with Gasteiger partial charge in [-0.1, -0.05) is 24.3 Å². The lowest BCUT2D eigenvalue weighted by Crippen LogP contribution is -2.41. The monoisotopic (exact) mass is 399 g/mol. The molecule has 1 saturated heterocycles. The summed E-state index contributed by atoms with van der Waals surface area (Å²) >= 11 is 0. The number of carbonyl (C=O) groups is 2. The van der Waals surface area contributed by atoms with Crippen LogP contribution in [0.15, 0.2) is 53.6 Å². The van der Waals surface area contributed by atoms with E-state index in [9.17, 15) is 14.0 Å². The van der Waals surface area contributed by atoms with E-state index >= 15 is 0 Å². The maximum atomic E-state index is 13.3. The predicted octanol–water partition coefficient (Wildman–Crippen LogP) is 2.15. The van der Waals surface area contributed by atoms with Gasteiger partial charge in [-0.15, -0.1) is 0 Å². The largest absolute Gasteiger partial charge is 0.488 e. The Hall–Kier alpha value is -3.26. The molecule has 152 valence electrons. The van der Waals surface area contributed by atoms with Crippen molar-refractivity contribution in [3.8, 4) is 5.75 Å². The maximum absolute atomic E-state index is 13.3. The molecule has 2 aromatic carbocycles. The lowest BCUT2D eigenvalue weighted by atomic mass is 10.2. The zero-order chi connectivity index (χ0) is 20.5. The van der Waals surface area contributed by atoms with Crippen molar-refractivity contribution in [2.75, 3.05) is 13.2 Å². The average Bonchev–Trinajstić information content (AvgIpc) is 3.25. The smallest absolute Gasteiger partial charge is 0.329 e. The number of hydrogen-bond acceptors (Lipinski definition) is 5. The van der Waals surface area contributed by atoms with Crippen LogP contribution in [0.2, 0.25) is 0 Å². The summed E-state index contributed by atoms with van der Waals surface area (Å²) in [5.41, 5.74) is 3.48. The minimum absolute atomic E-state index is 0.0441. The third kappa shape index (κ3) is 6.39. The third-order valence-corrected chi connectivity index (χ3v) is 4.29. The fourth-order valence-electron chi connectivity index (χ4n) is 2.81. The number of hydrogen-bond donors (Lipinski definition) is 2. The second-order valence-electron chi connectivity index (χ2n) is 6.50. The van der Waals surface area contributed by atoms with Crippen molar-refractivity contribution in [2.24, 2.45) is 5.10 Å². The van der Waals surface area contributed by atoms with E-state index in [1.165, 1.54) is 18.3 Å². The predicted molar refractivity (Wildman–Crippen MR) is 105 cm³/mol. The molecule has 1 atom stereocenters. The molecule has 2 amide bonds. The molecule has 0 spiro atoms. The van der Waals surface area contributed by atoms with Crippen molar-refractivity contribution < 1.29 is 23.5 Å². The Morgan fingerprint density at radius 3 is 2.86 bits per heavy atom. The summed E-state index contributed by atoms with van der Waals surface area (Å²) in [5.74, 6) is -1.45. The molecule has 1 aliphatic heterocycles. The lowest BCUT2D eigenvalue weighted by molar-refractivity contribution is -0.139. The van der Waals surface area contributed by atoms with E-state index in [1.807, 2.05) is 0 Å². The number of rotatable bonds is 7. The van der Waals surface area contributed by atoms with Gasteiger partial charge in [-0.25, -0.2) is 9.82 Å². The first-order chi connectivity index (χ1) is 14.1. The van der Waals surface area contributed by atoms with Crippen LogP contribution in [0.4, 0.5) is 4.39 Å². The van der Waals surface area contributed by atoms with Crippen LogP contribution in [0.25, 0.3) is 0 Å². The van der Waals surface area contributed by atoms with Gasteiger partial charge in [0, 0.05) is 18.7 Å². The fraction of sp³-hybridized carbons (Fsp3) is 0.286. The van der Waals surface area contributed by atoms with Crippen molar-refractivity contribution in [3.05, 3.63) is 65.5 Å². The van der Waals surface area contributed by atoms with Gasteiger partial charge >= 0.3 is 11.8 Å². The van der Waals surface area contributed by atoms with Crippen LogP contribution in [0.3, 0.4) is 0 Å². The van der Waals surface area contributed by atoms with E-state index in [1.54, 1.807) is 36.4 Å². The average molecular weight is 399 g/mol. The van der Waals surface area contributed by atoms with Gasteiger partial charge in [0.25, 0.3) is 0 Å². The summed E-state index contributed by atoms with van der Waals surface area (Å²) in [6.45, 7) is 1.16. The molecule has 0 unspecified atom stereocenters. The van der Waals surface area contributed by atoms with Gasteiger partial charge in [0.05, 0.1) is 12.3 Å². The van der Waals surface area contributed by atoms with Crippen LogP contribution in [0.5, 0.6) is 5.75 Å². The Morgan fingerprint density at radius 2 is 2.07 bits per heavy atom. The summed E-state index contributed by atoms with van der Waals surface area (Å²) in [4.78, 5) is 23.6. The highest BCUT2D eigenvalue weighted by Gasteiger charge is 2.18. The highest BCUT2D eigenvalue weighted by atomic mass is 19.1. The molecular formula is C21H22FN3O4. The van der Waals surface area contributed by atoms with Crippen molar-refractivity contribution in [2.45, 2.75) is 25.6 Å². The van der Waals surface area contributed by atoms with Gasteiger partial charge in [0.2, 0.25) is 0 Å². The molecule has 1 aliphatic rings. The first-order valence-electron chi connectivity index (χ1n) is 9.31. The molecule has 7 nitrogen and oxygen atoms in total. The number of halogens is 1. The van der Waals surface area contributed by atoms with E-state index in [2.05, 4.69) is 15.8 Å². The first-order valence-corrected chi connectivity index (χ1v) is 9.31. The highest BCUT2D eigenvalue weighted by molar-refractivity contribution is 6.35. The topological polar surface area (TPSA) is 89.0 Å². The quantitative estimate of drug-likeness (QED) is 0.424. The molecule has 0 radical (unpaired) electrons. The fourth-order valence-corrected chi connectivity index (χ4v) is 2.81. The third-order valence-electron chi connectivity index (χ3n) is 4.29. The molecule has 0 saturated carbocycles. The van der Waals surface area contributed by atoms with Crippen LogP contribution >= 0.6 is 0 Å². The summed E-state index contributed by atoms with van der Waals surface area (Å²) in [7, 11) is 0. The second-order valence-corrected chi connectivity index (χ2v) is 6.50. The second kappa shape index (κ2) is 10.3.